The molecule has 0 amide bonds. The molecular weight excluding hydrogens is 350 g/mol. The van der Waals surface area contributed by atoms with Gasteiger partial charge in [-0.1, -0.05) is 6.07 Å². The summed E-state index contributed by atoms with van der Waals surface area (Å²) in [5, 5.41) is 0. The zero-order valence-corrected chi connectivity index (χ0v) is 16.4. The van der Waals surface area contributed by atoms with Crippen LogP contribution in [0.25, 0.3) is 0 Å². The largest absolute Gasteiger partial charge is 0.497 e. The van der Waals surface area contributed by atoms with Gasteiger partial charge >= 0.3 is 0 Å². The quantitative estimate of drug-likeness (QED) is 0.866. The van der Waals surface area contributed by atoms with E-state index in [1.165, 1.54) is 0 Å². The highest BCUT2D eigenvalue weighted by Gasteiger charge is 2.28. The monoisotopic (exact) mass is 375 g/mol. The SMILES string of the molecule is COc1cc(C)c(S(=O)(=O)N[C@@H]2CCCc3cc(OC)ccc32)c(C)c1. The van der Waals surface area contributed by atoms with Gasteiger partial charge in [-0.3, -0.25) is 0 Å². The molecule has 0 fully saturated rings. The van der Waals surface area contributed by atoms with E-state index in [-0.39, 0.29) is 6.04 Å². The van der Waals surface area contributed by atoms with E-state index in [1.54, 1.807) is 40.2 Å². The molecule has 0 radical (unpaired) electrons. The second kappa shape index (κ2) is 7.29. The zero-order chi connectivity index (χ0) is 18.9. The zero-order valence-electron chi connectivity index (χ0n) is 15.6. The topological polar surface area (TPSA) is 64.6 Å². The third-order valence-corrected chi connectivity index (χ3v) is 6.68. The van der Waals surface area contributed by atoms with E-state index < -0.39 is 10.0 Å². The maximum atomic E-state index is 13.1. The third kappa shape index (κ3) is 3.57. The molecule has 3 rings (SSSR count). The van der Waals surface area contributed by atoms with Crippen molar-refractivity contribution in [3.05, 3.63) is 52.6 Å². The van der Waals surface area contributed by atoms with Crippen molar-refractivity contribution in [3.63, 3.8) is 0 Å². The fourth-order valence-corrected chi connectivity index (χ4v) is 5.44. The van der Waals surface area contributed by atoms with Crippen molar-refractivity contribution in [3.8, 4) is 11.5 Å². The van der Waals surface area contributed by atoms with Crippen molar-refractivity contribution < 1.29 is 17.9 Å². The summed E-state index contributed by atoms with van der Waals surface area (Å²) in [4.78, 5) is 0.332. The van der Waals surface area contributed by atoms with Crippen molar-refractivity contribution in [2.75, 3.05) is 14.2 Å². The first-order chi connectivity index (χ1) is 12.4. The van der Waals surface area contributed by atoms with Crippen molar-refractivity contribution in [2.24, 2.45) is 0 Å². The van der Waals surface area contributed by atoms with E-state index in [1.807, 2.05) is 18.2 Å². The molecule has 2 aromatic rings. The van der Waals surface area contributed by atoms with Crippen LogP contribution in [0.1, 0.15) is 41.1 Å². The molecule has 2 aromatic carbocycles. The summed E-state index contributed by atoms with van der Waals surface area (Å²) >= 11 is 0. The Morgan fingerprint density at radius 2 is 1.65 bits per heavy atom. The Hall–Kier alpha value is -2.05. The van der Waals surface area contributed by atoms with Crippen LogP contribution in [0, 0.1) is 13.8 Å². The third-order valence-electron chi connectivity index (χ3n) is 4.90. The van der Waals surface area contributed by atoms with Gasteiger partial charge in [0.2, 0.25) is 10.0 Å². The van der Waals surface area contributed by atoms with Crippen LogP contribution in [0.4, 0.5) is 0 Å². The van der Waals surface area contributed by atoms with Gasteiger partial charge in [-0.05, 0) is 79.6 Å². The second-order valence-electron chi connectivity index (χ2n) is 6.72. The highest BCUT2D eigenvalue weighted by Crippen LogP contribution is 2.34. The summed E-state index contributed by atoms with van der Waals surface area (Å²) in [6.45, 7) is 3.59. The lowest BCUT2D eigenvalue weighted by molar-refractivity contribution is 0.412. The molecular formula is C20H25NO4S. The van der Waals surface area contributed by atoms with E-state index in [0.717, 1.165) is 36.1 Å². The number of rotatable bonds is 5. The van der Waals surface area contributed by atoms with Gasteiger partial charge < -0.3 is 9.47 Å². The van der Waals surface area contributed by atoms with Crippen LogP contribution in [-0.4, -0.2) is 22.6 Å². The first kappa shape index (κ1) is 18.7. The van der Waals surface area contributed by atoms with Crippen LogP contribution in [0.15, 0.2) is 35.2 Å². The Labute approximate surface area is 155 Å². The minimum absolute atomic E-state index is 0.226. The fourth-order valence-electron chi connectivity index (χ4n) is 3.74. The van der Waals surface area contributed by atoms with Crippen LogP contribution >= 0.6 is 0 Å². The number of sulfonamides is 1. The Morgan fingerprint density at radius 3 is 2.27 bits per heavy atom. The molecule has 0 heterocycles. The summed E-state index contributed by atoms with van der Waals surface area (Å²) in [5.41, 5.74) is 3.54. The minimum atomic E-state index is -3.64. The van der Waals surface area contributed by atoms with Crippen LogP contribution in [0.5, 0.6) is 11.5 Å². The van der Waals surface area contributed by atoms with E-state index in [0.29, 0.717) is 21.8 Å². The molecule has 0 spiro atoms. The van der Waals surface area contributed by atoms with Crippen molar-refractivity contribution in [1.29, 1.82) is 0 Å². The lowest BCUT2D eigenvalue weighted by Gasteiger charge is -2.27. The molecule has 0 saturated heterocycles. The molecule has 1 N–H and O–H groups in total. The molecule has 0 unspecified atom stereocenters. The highest BCUT2D eigenvalue weighted by molar-refractivity contribution is 7.89. The number of methoxy groups -OCH3 is 2. The van der Waals surface area contributed by atoms with Gasteiger partial charge in [0.25, 0.3) is 0 Å². The average Bonchev–Trinajstić information content (AvgIpc) is 2.60. The standard InChI is InChI=1S/C20H25NO4S/c1-13-10-17(25-4)11-14(2)20(13)26(22,23)21-19-7-5-6-15-12-16(24-3)8-9-18(15)19/h8-12,19,21H,5-7H2,1-4H3/t19-/m1/s1. The molecule has 0 saturated carbocycles. The highest BCUT2D eigenvalue weighted by atomic mass is 32.2. The van der Waals surface area contributed by atoms with Gasteiger partial charge in [-0.25, -0.2) is 13.1 Å². The maximum absolute atomic E-state index is 13.1. The molecule has 1 atom stereocenters. The van der Waals surface area contributed by atoms with Crippen molar-refractivity contribution in [1.82, 2.24) is 4.72 Å². The van der Waals surface area contributed by atoms with Crippen LogP contribution in [0.2, 0.25) is 0 Å². The Kier molecular flexibility index (Phi) is 5.25. The molecule has 1 aliphatic carbocycles. The predicted octanol–water partition coefficient (Wildman–Crippen LogP) is 3.68. The second-order valence-corrected chi connectivity index (χ2v) is 8.37. The Balaban J connectivity index is 1.95. The van der Waals surface area contributed by atoms with Crippen LogP contribution < -0.4 is 14.2 Å². The normalized spacial score (nSPS) is 16.8. The molecule has 0 aromatic heterocycles. The summed E-state index contributed by atoms with van der Waals surface area (Å²) in [6.07, 6.45) is 2.66. The fraction of sp³-hybridized carbons (Fsp3) is 0.400. The van der Waals surface area contributed by atoms with E-state index >= 15 is 0 Å². The van der Waals surface area contributed by atoms with Crippen molar-refractivity contribution >= 4 is 10.0 Å². The number of benzene rings is 2. The number of aryl methyl sites for hydroxylation is 3. The molecule has 0 aliphatic heterocycles. The van der Waals surface area contributed by atoms with Gasteiger partial charge in [0.05, 0.1) is 19.1 Å². The first-order valence-electron chi connectivity index (χ1n) is 8.70. The van der Waals surface area contributed by atoms with E-state index in [9.17, 15) is 8.42 Å². The molecule has 26 heavy (non-hydrogen) atoms. The summed E-state index contributed by atoms with van der Waals surface area (Å²) in [6, 6.07) is 9.13. The first-order valence-corrected chi connectivity index (χ1v) is 10.2. The number of hydrogen-bond acceptors (Lipinski definition) is 4. The number of nitrogens with one attached hydrogen (secondary N) is 1. The lowest BCUT2D eigenvalue weighted by atomic mass is 9.88. The van der Waals surface area contributed by atoms with Crippen molar-refractivity contribution in [2.45, 2.75) is 44.0 Å². The Morgan fingerprint density at radius 1 is 1.00 bits per heavy atom. The van der Waals surface area contributed by atoms with Gasteiger partial charge in [0.15, 0.2) is 0 Å². The van der Waals surface area contributed by atoms with E-state index in [2.05, 4.69) is 4.72 Å². The van der Waals surface area contributed by atoms with Crippen LogP contribution in [-0.2, 0) is 16.4 Å². The molecule has 0 bridgehead atoms. The predicted molar refractivity (Wildman–Crippen MR) is 101 cm³/mol. The number of hydrogen-bond donors (Lipinski definition) is 1. The Bertz CT molecular complexity index is 898. The number of fused-ring (bicyclic) bond motifs is 1. The average molecular weight is 375 g/mol. The molecule has 1 aliphatic rings. The van der Waals surface area contributed by atoms with Gasteiger partial charge in [0, 0.05) is 6.04 Å². The van der Waals surface area contributed by atoms with E-state index in [4.69, 9.17) is 9.47 Å². The molecule has 5 nitrogen and oxygen atoms in total. The van der Waals surface area contributed by atoms with Gasteiger partial charge in [-0.2, -0.15) is 0 Å². The summed E-state index contributed by atoms with van der Waals surface area (Å²) in [5.74, 6) is 1.46. The maximum Gasteiger partial charge on any atom is 0.241 e. The van der Waals surface area contributed by atoms with Crippen LogP contribution in [0.3, 0.4) is 0 Å². The smallest absolute Gasteiger partial charge is 0.241 e. The van der Waals surface area contributed by atoms with Gasteiger partial charge in [-0.15, -0.1) is 0 Å². The molecule has 6 heteroatoms. The summed E-state index contributed by atoms with van der Waals surface area (Å²) < 4.78 is 39.6. The minimum Gasteiger partial charge on any atom is -0.497 e. The lowest BCUT2D eigenvalue weighted by Crippen LogP contribution is -2.32. The van der Waals surface area contributed by atoms with Gasteiger partial charge in [0.1, 0.15) is 11.5 Å². The summed E-state index contributed by atoms with van der Waals surface area (Å²) in [7, 11) is -0.425. The molecule has 140 valence electrons. The number of ether oxygens (including phenoxy) is 2.